The predicted molar refractivity (Wildman–Crippen MR) is 84.0 cm³/mol. The third-order valence-corrected chi connectivity index (χ3v) is 4.73. The van der Waals surface area contributed by atoms with Crippen LogP contribution in [-0.4, -0.2) is 33.6 Å². The summed E-state index contributed by atoms with van der Waals surface area (Å²) in [5.74, 6) is -0.831. The van der Waals surface area contributed by atoms with Gasteiger partial charge in [0.25, 0.3) is 11.8 Å². The van der Waals surface area contributed by atoms with Gasteiger partial charge in [0.1, 0.15) is 5.54 Å². The number of carbonyl (C=O) groups is 3. The maximum atomic E-state index is 12.2. The van der Waals surface area contributed by atoms with Crippen LogP contribution in [0.4, 0.5) is 4.79 Å². The van der Waals surface area contributed by atoms with Crippen LogP contribution in [0.5, 0.6) is 0 Å². The number of hydrazine groups is 1. The fourth-order valence-electron chi connectivity index (χ4n) is 1.98. The Hall–Kier alpha value is -2.02. The van der Waals surface area contributed by atoms with Crippen molar-refractivity contribution in [1.82, 2.24) is 15.8 Å². The van der Waals surface area contributed by atoms with Crippen molar-refractivity contribution in [2.45, 2.75) is 42.9 Å². The van der Waals surface area contributed by atoms with E-state index in [1.54, 1.807) is 20.8 Å². The highest BCUT2D eigenvalue weighted by atomic mass is 32.2. The van der Waals surface area contributed by atoms with Crippen LogP contribution >= 0.6 is 11.8 Å². The number of urea groups is 1. The third kappa shape index (κ3) is 3.24. The molecule has 2 atom stereocenters. The minimum absolute atomic E-state index is 0.391. The van der Waals surface area contributed by atoms with Gasteiger partial charge in [-0.2, -0.15) is 5.01 Å². The van der Waals surface area contributed by atoms with E-state index in [4.69, 9.17) is 0 Å². The average molecular weight is 321 g/mol. The molecule has 2 N–H and O–H groups in total. The number of benzene rings is 1. The van der Waals surface area contributed by atoms with Gasteiger partial charge in [0.05, 0.1) is 5.25 Å². The summed E-state index contributed by atoms with van der Waals surface area (Å²) in [6.07, 6.45) is 0.457. The molecule has 1 fully saturated rings. The van der Waals surface area contributed by atoms with Gasteiger partial charge in [-0.3, -0.25) is 15.0 Å². The van der Waals surface area contributed by atoms with Crippen LogP contribution in [0, 0.1) is 0 Å². The van der Waals surface area contributed by atoms with Crippen LogP contribution in [0.15, 0.2) is 35.2 Å². The van der Waals surface area contributed by atoms with Gasteiger partial charge in [-0.05, 0) is 32.4 Å². The van der Waals surface area contributed by atoms with Crippen molar-refractivity contribution in [3.8, 4) is 0 Å². The summed E-state index contributed by atoms with van der Waals surface area (Å²) in [5, 5.41) is 2.93. The Kier molecular flexibility index (Phi) is 4.75. The van der Waals surface area contributed by atoms with E-state index in [2.05, 4.69) is 10.7 Å². The summed E-state index contributed by atoms with van der Waals surface area (Å²) in [6, 6.07) is 8.87. The lowest BCUT2D eigenvalue weighted by atomic mass is 10.00. The maximum Gasteiger partial charge on any atom is 0.344 e. The zero-order chi connectivity index (χ0) is 16.3. The quantitative estimate of drug-likeness (QED) is 0.641. The zero-order valence-electron chi connectivity index (χ0n) is 12.8. The van der Waals surface area contributed by atoms with Crippen LogP contribution < -0.4 is 10.7 Å². The molecule has 1 aliphatic rings. The molecule has 118 valence electrons. The van der Waals surface area contributed by atoms with Crippen LogP contribution in [0.3, 0.4) is 0 Å². The Balaban J connectivity index is 2.00. The molecule has 0 spiro atoms. The van der Waals surface area contributed by atoms with Crippen LogP contribution in [-0.2, 0) is 9.59 Å². The minimum atomic E-state index is -0.958. The topological polar surface area (TPSA) is 78.5 Å². The van der Waals surface area contributed by atoms with E-state index in [0.29, 0.717) is 6.42 Å². The Morgan fingerprint density at radius 1 is 1.36 bits per heavy atom. The fourth-order valence-corrected chi connectivity index (χ4v) is 2.87. The highest BCUT2D eigenvalue weighted by molar-refractivity contribution is 8.00. The molecule has 0 saturated carbocycles. The molecule has 0 unspecified atom stereocenters. The lowest BCUT2D eigenvalue weighted by Crippen LogP contribution is -2.50. The Morgan fingerprint density at radius 3 is 2.55 bits per heavy atom. The number of rotatable bonds is 5. The molecule has 1 saturated heterocycles. The molecular formula is C15H19N3O3S. The van der Waals surface area contributed by atoms with Crippen molar-refractivity contribution in [3.63, 3.8) is 0 Å². The predicted octanol–water partition coefficient (Wildman–Crippen LogP) is 1.92. The number of carbonyl (C=O) groups excluding carboxylic acids is 3. The molecule has 4 amide bonds. The molecule has 1 aromatic rings. The van der Waals surface area contributed by atoms with E-state index < -0.39 is 28.6 Å². The molecule has 1 aromatic carbocycles. The first-order chi connectivity index (χ1) is 10.4. The average Bonchev–Trinajstić information content (AvgIpc) is 2.72. The van der Waals surface area contributed by atoms with E-state index in [-0.39, 0.29) is 0 Å². The molecule has 1 aliphatic heterocycles. The molecular weight excluding hydrogens is 302 g/mol. The largest absolute Gasteiger partial charge is 0.344 e. The molecule has 2 rings (SSSR count). The maximum absolute atomic E-state index is 12.2. The number of hydrogen-bond acceptors (Lipinski definition) is 4. The number of nitrogens with one attached hydrogen (secondary N) is 2. The molecule has 0 bridgehead atoms. The molecule has 7 heteroatoms. The molecule has 0 aromatic heterocycles. The van der Waals surface area contributed by atoms with Gasteiger partial charge in [0, 0.05) is 4.90 Å². The number of hydrogen-bond donors (Lipinski definition) is 2. The van der Waals surface area contributed by atoms with Crippen LogP contribution in [0.2, 0.25) is 0 Å². The van der Waals surface area contributed by atoms with Crippen molar-refractivity contribution in [3.05, 3.63) is 30.3 Å². The van der Waals surface area contributed by atoms with Crippen molar-refractivity contribution >= 4 is 29.6 Å². The second-order valence-corrected chi connectivity index (χ2v) is 6.72. The lowest BCUT2D eigenvalue weighted by Gasteiger charge is -2.20. The van der Waals surface area contributed by atoms with Crippen molar-refractivity contribution in [2.24, 2.45) is 0 Å². The Morgan fingerprint density at radius 2 is 2.00 bits per heavy atom. The van der Waals surface area contributed by atoms with E-state index >= 15 is 0 Å². The summed E-state index contributed by atoms with van der Waals surface area (Å²) in [6.45, 7) is 5.17. The molecule has 0 radical (unpaired) electrons. The van der Waals surface area contributed by atoms with Gasteiger partial charge in [-0.15, -0.1) is 11.8 Å². The van der Waals surface area contributed by atoms with E-state index in [9.17, 15) is 14.4 Å². The second kappa shape index (κ2) is 6.39. The first kappa shape index (κ1) is 16.4. The van der Waals surface area contributed by atoms with Gasteiger partial charge >= 0.3 is 6.03 Å². The number of nitrogens with zero attached hydrogens (tertiary/aromatic N) is 1. The van der Waals surface area contributed by atoms with E-state index in [1.165, 1.54) is 11.8 Å². The SMILES string of the molecule is CC[C@]1(C)NC(=O)N(NC(=O)[C@H](C)Sc2ccccc2)C1=O. The van der Waals surface area contributed by atoms with Crippen molar-refractivity contribution < 1.29 is 14.4 Å². The minimum Gasteiger partial charge on any atom is -0.322 e. The van der Waals surface area contributed by atoms with Crippen LogP contribution in [0.1, 0.15) is 27.2 Å². The summed E-state index contributed by atoms with van der Waals surface area (Å²) >= 11 is 1.36. The summed E-state index contributed by atoms with van der Waals surface area (Å²) in [7, 11) is 0. The Bertz CT molecular complexity index is 593. The van der Waals surface area contributed by atoms with Gasteiger partial charge < -0.3 is 5.32 Å². The first-order valence-electron chi connectivity index (χ1n) is 7.06. The Labute approximate surface area is 133 Å². The normalized spacial score (nSPS) is 22.4. The number of thioether (sulfide) groups is 1. The lowest BCUT2D eigenvalue weighted by molar-refractivity contribution is -0.138. The summed E-state index contributed by atoms with van der Waals surface area (Å²) < 4.78 is 0. The molecule has 6 nitrogen and oxygen atoms in total. The third-order valence-electron chi connectivity index (χ3n) is 3.62. The monoisotopic (exact) mass is 321 g/mol. The van der Waals surface area contributed by atoms with Gasteiger partial charge in [-0.1, -0.05) is 25.1 Å². The van der Waals surface area contributed by atoms with E-state index in [1.807, 2.05) is 30.3 Å². The molecule has 22 heavy (non-hydrogen) atoms. The summed E-state index contributed by atoms with van der Waals surface area (Å²) in [4.78, 5) is 37.2. The van der Waals surface area contributed by atoms with Crippen LogP contribution in [0.25, 0.3) is 0 Å². The zero-order valence-corrected chi connectivity index (χ0v) is 13.6. The van der Waals surface area contributed by atoms with Gasteiger partial charge in [0.15, 0.2) is 0 Å². The summed E-state index contributed by atoms with van der Waals surface area (Å²) in [5.41, 5.74) is 1.44. The van der Waals surface area contributed by atoms with E-state index in [0.717, 1.165) is 9.90 Å². The van der Waals surface area contributed by atoms with Crippen molar-refractivity contribution in [2.75, 3.05) is 0 Å². The van der Waals surface area contributed by atoms with Gasteiger partial charge in [0.2, 0.25) is 0 Å². The highest BCUT2D eigenvalue weighted by Gasteiger charge is 2.47. The molecule has 0 aliphatic carbocycles. The molecule has 1 heterocycles. The number of imide groups is 1. The van der Waals surface area contributed by atoms with Gasteiger partial charge in [-0.25, -0.2) is 4.79 Å². The fraction of sp³-hybridized carbons (Fsp3) is 0.400. The standard InChI is InChI=1S/C15H19N3O3S/c1-4-15(3)13(20)18(14(21)16-15)17-12(19)10(2)22-11-8-6-5-7-9-11/h5-10H,4H2,1-3H3,(H,16,21)(H,17,19)/t10-,15-/m0/s1. The van der Waals surface area contributed by atoms with Crippen molar-refractivity contribution in [1.29, 1.82) is 0 Å². The number of amides is 4. The highest BCUT2D eigenvalue weighted by Crippen LogP contribution is 2.24. The first-order valence-corrected chi connectivity index (χ1v) is 7.94. The smallest absolute Gasteiger partial charge is 0.322 e. The second-order valence-electron chi connectivity index (χ2n) is 5.31.